The summed E-state index contributed by atoms with van der Waals surface area (Å²) in [7, 11) is 0. The van der Waals surface area contributed by atoms with Gasteiger partial charge in [0.2, 0.25) is 0 Å². The van der Waals surface area contributed by atoms with Crippen LogP contribution in [-0.4, -0.2) is 31.7 Å². The van der Waals surface area contributed by atoms with Gasteiger partial charge in [0.1, 0.15) is 17.2 Å². The molecule has 0 unspecified atom stereocenters. The van der Waals surface area contributed by atoms with E-state index < -0.39 is 28.9 Å². The minimum absolute atomic E-state index is 0.0198. The molecule has 1 heterocycles. The summed E-state index contributed by atoms with van der Waals surface area (Å²) >= 11 is 5.68. The second-order valence-electron chi connectivity index (χ2n) is 6.88. The molecule has 10 heteroatoms. The Morgan fingerprint density at radius 1 is 1.25 bits per heavy atom. The molecule has 0 atom stereocenters. The Morgan fingerprint density at radius 3 is 2.54 bits per heavy atom. The second-order valence-corrected chi connectivity index (χ2v) is 7.28. The molecule has 2 aromatic carbocycles. The van der Waals surface area contributed by atoms with E-state index in [1.807, 2.05) is 0 Å². The van der Waals surface area contributed by atoms with Gasteiger partial charge in [-0.15, -0.1) is 0 Å². The molecule has 0 aliphatic heterocycles. The van der Waals surface area contributed by atoms with E-state index >= 15 is 0 Å². The van der Waals surface area contributed by atoms with Crippen molar-refractivity contribution in [3.63, 3.8) is 0 Å². The Hall–Kier alpha value is -2.62. The topological polar surface area (TPSA) is 96.2 Å². The maximum absolute atomic E-state index is 14.2. The van der Waals surface area contributed by atoms with E-state index in [-0.39, 0.29) is 39.6 Å². The monoisotopic (exact) mass is 412 g/mol. The molecule has 0 spiro atoms. The van der Waals surface area contributed by atoms with Gasteiger partial charge in [0.15, 0.2) is 17.5 Å². The minimum Gasteiger partial charge on any atom is -0.390 e. The van der Waals surface area contributed by atoms with Gasteiger partial charge in [-0.3, -0.25) is 10.6 Å². The van der Waals surface area contributed by atoms with Crippen molar-refractivity contribution in [1.29, 1.82) is 5.41 Å². The lowest BCUT2D eigenvalue weighted by molar-refractivity contribution is 0.0791. The van der Waals surface area contributed by atoms with Crippen molar-refractivity contribution >= 4 is 34.2 Å². The Morgan fingerprint density at radius 2 is 1.93 bits per heavy atom. The first-order chi connectivity index (χ1) is 13.0. The zero-order valence-electron chi connectivity index (χ0n) is 14.8. The molecule has 0 bridgehead atoms. The van der Waals surface area contributed by atoms with E-state index in [2.05, 4.69) is 9.97 Å². The summed E-state index contributed by atoms with van der Waals surface area (Å²) in [6.45, 7) is 3.04. The largest absolute Gasteiger partial charge is 0.390 e. The number of nitrogens with zero attached hydrogens (tertiary/aromatic N) is 2. The number of nitrogens with one attached hydrogen (secondary N) is 2. The van der Waals surface area contributed by atoms with Crippen LogP contribution in [0, 0.1) is 22.9 Å². The Kier molecular flexibility index (Phi) is 5.09. The molecule has 4 N–H and O–H groups in total. The molecule has 0 aliphatic rings. The average Bonchev–Trinajstić information content (AvgIpc) is 3.01. The number of anilines is 1. The zero-order valence-corrected chi connectivity index (χ0v) is 15.6. The average molecular weight is 413 g/mol. The lowest BCUT2D eigenvalue weighted by Crippen LogP contribution is -2.27. The highest BCUT2D eigenvalue weighted by atomic mass is 35.5. The number of H-pyrrole nitrogens is 1. The number of hydrogen-bond donors (Lipinski definition) is 4. The summed E-state index contributed by atoms with van der Waals surface area (Å²) in [5.41, 5.74) is -1.80. The number of fused-ring (bicyclic) bond motifs is 1. The number of benzene rings is 2. The first kappa shape index (κ1) is 20.1. The highest BCUT2D eigenvalue weighted by Crippen LogP contribution is 2.28. The quantitative estimate of drug-likeness (QED) is 0.294. The number of amidine groups is 1. The van der Waals surface area contributed by atoms with E-state index in [0.717, 1.165) is 18.2 Å². The third-order valence-corrected chi connectivity index (χ3v) is 4.22. The summed E-state index contributed by atoms with van der Waals surface area (Å²) in [5.74, 6) is -3.65. The number of rotatable bonds is 4. The van der Waals surface area contributed by atoms with Gasteiger partial charge in [0.05, 0.1) is 21.8 Å². The van der Waals surface area contributed by atoms with Crippen LogP contribution in [0.4, 0.5) is 18.9 Å². The Labute approximate surface area is 162 Å². The van der Waals surface area contributed by atoms with Crippen LogP contribution in [0.3, 0.4) is 0 Å². The van der Waals surface area contributed by atoms with Gasteiger partial charge < -0.3 is 10.1 Å². The lowest BCUT2D eigenvalue weighted by atomic mass is 10.1. The first-order valence-electron chi connectivity index (χ1n) is 8.10. The molecule has 3 rings (SSSR count). The molecule has 3 aromatic rings. The molecule has 0 saturated heterocycles. The fourth-order valence-corrected chi connectivity index (χ4v) is 2.87. The number of halogens is 4. The van der Waals surface area contributed by atoms with Crippen molar-refractivity contribution in [2.75, 3.05) is 5.06 Å². The maximum Gasteiger partial charge on any atom is 0.186 e. The molecule has 0 fully saturated rings. The van der Waals surface area contributed by atoms with Crippen LogP contribution in [0.25, 0.3) is 11.0 Å². The number of aromatic amines is 1. The van der Waals surface area contributed by atoms with Crippen molar-refractivity contribution in [3.8, 4) is 0 Å². The molecule has 148 valence electrons. The smallest absolute Gasteiger partial charge is 0.186 e. The molecule has 0 radical (unpaired) electrons. The van der Waals surface area contributed by atoms with Crippen LogP contribution < -0.4 is 5.06 Å². The van der Waals surface area contributed by atoms with Gasteiger partial charge >= 0.3 is 0 Å². The van der Waals surface area contributed by atoms with Crippen molar-refractivity contribution in [1.82, 2.24) is 9.97 Å². The zero-order chi connectivity index (χ0) is 20.8. The predicted molar refractivity (Wildman–Crippen MR) is 98.5 cm³/mol. The van der Waals surface area contributed by atoms with Gasteiger partial charge in [0, 0.05) is 12.0 Å². The maximum atomic E-state index is 14.2. The Bertz CT molecular complexity index is 1080. The van der Waals surface area contributed by atoms with Gasteiger partial charge in [-0.25, -0.2) is 23.2 Å². The Balaban J connectivity index is 2.09. The molecule has 28 heavy (non-hydrogen) atoms. The van der Waals surface area contributed by atoms with E-state index in [0.29, 0.717) is 5.06 Å². The summed E-state index contributed by atoms with van der Waals surface area (Å²) in [4.78, 5) is 6.72. The van der Waals surface area contributed by atoms with Gasteiger partial charge in [0.25, 0.3) is 0 Å². The van der Waals surface area contributed by atoms with Gasteiger partial charge in [-0.2, -0.15) is 0 Å². The van der Waals surface area contributed by atoms with Crippen LogP contribution in [0.2, 0.25) is 5.02 Å². The number of aliphatic hydroxyl groups is 1. The lowest BCUT2D eigenvalue weighted by Gasteiger charge is -2.18. The van der Waals surface area contributed by atoms with E-state index in [1.54, 1.807) is 0 Å². The van der Waals surface area contributed by atoms with Crippen LogP contribution >= 0.6 is 11.6 Å². The second kappa shape index (κ2) is 7.08. The van der Waals surface area contributed by atoms with Crippen LogP contribution in [0.15, 0.2) is 24.3 Å². The summed E-state index contributed by atoms with van der Waals surface area (Å²) in [6.07, 6.45) is 0.0198. The van der Waals surface area contributed by atoms with Crippen molar-refractivity contribution in [2.24, 2.45) is 0 Å². The molecule has 6 nitrogen and oxygen atoms in total. The molecular formula is C18H16ClF3N4O2. The fraction of sp³-hybridized carbons (Fsp3) is 0.222. The van der Waals surface area contributed by atoms with E-state index in [9.17, 15) is 23.5 Å². The number of hydroxylamine groups is 1. The SMILES string of the molecule is CC(C)(O)Cc1nc2c(F)c(F)cc(C(=N)N(O)c3ccc(F)c(Cl)c3)c2[nH]1. The predicted octanol–water partition coefficient (Wildman–Crippen LogP) is 4.17. The third-order valence-electron chi connectivity index (χ3n) is 3.93. The van der Waals surface area contributed by atoms with Gasteiger partial charge in [-0.1, -0.05) is 11.6 Å². The van der Waals surface area contributed by atoms with Crippen molar-refractivity contribution < 1.29 is 23.5 Å². The summed E-state index contributed by atoms with van der Waals surface area (Å²) < 4.78 is 41.6. The molecule has 0 aliphatic carbocycles. The van der Waals surface area contributed by atoms with Gasteiger partial charge in [-0.05, 0) is 38.1 Å². The fourth-order valence-electron chi connectivity index (χ4n) is 2.69. The van der Waals surface area contributed by atoms with E-state index in [1.165, 1.54) is 19.9 Å². The molecule has 1 aromatic heterocycles. The van der Waals surface area contributed by atoms with Crippen molar-refractivity contribution in [3.05, 3.63) is 58.1 Å². The van der Waals surface area contributed by atoms with Crippen molar-refractivity contribution in [2.45, 2.75) is 25.9 Å². The summed E-state index contributed by atoms with van der Waals surface area (Å²) in [5, 5.41) is 28.5. The summed E-state index contributed by atoms with van der Waals surface area (Å²) in [6, 6.07) is 3.97. The molecule has 0 saturated carbocycles. The van der Waals surface area contributed by atoms with Crippen LogP contribution in [0.1, 0.15) is 25.2 Å². The number of imidazole rings is 1. The van der Waals surface area contributed by atoms with Crippen LogP contribution in [0.5, 0.6) is 0 Å². The normalized spacial score (nSPS) is 11.9. The first-order valence-corrected chi connectivity index (χ1v) is 8.47. The third kappa shape index (κ3) is 3.82. The minimum atomic E-state index is -1.26. The molecule has 0 amide bonds. The molecular weight excluding hydrogens is 397 g/mol. The standard InChI is InChI=1S/C18H16ClF3N4O2/c1-18(2,27)7-13-24-15-9(6-12(21)14(22)16(15)25-13)17(23)26(28)8-3-4-11(20)10(19)5-8/h3-6,23,27-28H,7H2,1-2H3,(H,24,25). The van der Waals surface area contributed by atoms with E-state index in [4.69, 9.17) is 17.0 Å². The highest BCUT2D eigenvalue weighted by Gasteiger charge is 2.24. The highest BCUT2D eigenvalue weighted by molar-refractivity contribution is 6.31. The number of aromatic nitrogens is 2. The number of hydrogen-bond acceptors (Lipinski definition) is 4. The van der Waals surface area contributed by atoms with Crippen LogP contribution in [-0.2, 0) is 6.42 Å².